The predicted molar refractivity (Wildman–Crippen MR) is 54.3 cm³/mol. The van der Waals surface area contributed by atoms with Crippen molar-refractivity contribution in [2.75, 3.05) is 0 Å². The Balaban J connectivity index is 0.00000196. The molecule has 0 saturated heterocycles. The number of hydrogen-bond donors (Lipinski definition) is 0. The Bertz CT molecular complexity index is 363. The van der Waals surface area contributed by atoms with Gasteiger partial charge in [0.05, 0.1) is 0 Å². The summed E-state index contributed by atoms with van der Waals surface area (Å²) in [6, 6.07) is 4.74. The fraction of sp³-hybridized carbons (Fsp3) is 0.111. The average Bonchev–Trinajstić information content (AvgIpc) is 2.06. The van der Waals surface area contributed by atoms with E-state index in [-0.39, 0.29) is 57.4 Å². The molecule has 1 rings (SSSR count). The van der Waals surface area contributed by atoms with Crippen LogP contribution in [0.1, 0.15) is 11.1 Å². The van der Waals surface area contributed by atoms with Crippen molar-refractivity contribution < 1.29 is 64.3 Å². The minimum Gasteiger partial charge on any atom is -0.445 e. The molecule has 0 heterocycles. The van der Waals surface area contributed by atoms with E-state index in [2.05, 4.69) is 0 Å². The summed E-state index contributed by atoms with van der Waals surface area (Å²) in [5.41, 5.74) is 1.27. The molecule has 0 N–H and O–H groups in total. The number of hydrogen-bond acceptors (Lipinski definition) is 0. The van der Waals surface area contributed by atoms with E-state index >= 15 is 0 Å². The second-order valence-corrected chi connectivity index (χ2v) is 3.40. The maximum Gasteiger partial charge on any atom is 1.00 e. The van der Waals surface area contributed by atoms with Gasteiger partial charge < -0.3 is 12.9 Å². The second-order valence-electron chi connectivity index (χ2n) is 2.99. The van der Waals surface area contributed by atoms with Gasteiger partial charge in [-0.05, 0) is 24.1 Å². The van der Waals surface area contributed by atoms with Crippen LogP contribution in [0.2, 0.25) is 5.02 Å². The first-order valence-corrected chi connectivity index (χ1v) is 4.41. The molecule has 1 aromatic rings. The van der Waals surface area contributed by atoms with Gasteiger partial charge in [-0.3, -0.25) is 0 Å². The van der Waals surface area contributed by atoms with Gasteiger partial charge in [-0.15, -0.1) is 5.98 Å². The van der Waals surface area contributed by atoms with Gasteiger partial charge in [0, 0.05) is 5.02 Å². The molecule has 6 heteroatoms. The summed E-state index contributed by atoms with van der Waals surface area (Å²) >= 11 is 5.73. The minimum atomic E-state index is -4.86. The van der Waals surface area contributed by atoms with Crippen molar-refractivity contribution in [3.8, 4) is 0 Å². The van der Waals surface area contributed by atoms with Crippen LogP contribution in [-0.4, -0.2) is 6.98 Å². The summed E-state index contributed by atoms with van der Waals surface area (Å²) in [5.74, 6) is 0.267. The largest absolute Gasteiger partial charge is 1.00 e. The van der Waals surface area contributed by atoms with Crippen LogP contribution in [-0.2, 0) is 0 Å². The van der Waals surface area contributed by atoms with Crippen molar-refractivity contribution in [1.29, 1.82) is 0 Å². The Morgan fingerprint density at radius 1 is 1.27 bits per heavy atom. The van der Waals surface area contributed by atoms with E-state index in [4.69, 9.17) is 11.6 Å². The van der Waals surface area contributed by atoms with Gasteiger partial charge in [0.2, 0.25) is 0 Å². The van der Waals surface area contributed by atoms with Crippen molar-refractivity contribution in [3.63, 3.8) is 0 Å². The van der Waals surface area contributed by atoms with E-state index in [0.717, 1.165) is 11.6 Å². The molecule has 0 amide bonds. The maximum absolute atomic E-state index is 11.9. The monoisotopic (exact) mass is 258 g/mol. The van der Waals surface area contributed by atoms with Gasteiger partial charge in [-0.2, -0.15) is 0 Å². The number of aryl methyl sites for hydroxylation is 1. The van der Waals surface area contributed by atoms with Crippen LogP contribution in [0.25, 0.3) is 6.08 Å². The van der Waals surface area contributed by atoms with E-state index in [9.17, 15) is 12.9 Å². The molecule has 76 valence electrons. The van der Waals surface area contributed by atoms with Crippen LogP contribution in [0.3, 0.4) is 0 Å². The third-order valence-electron chi connectivity index (χ3n) is 1.69. The Hall–Kier alpha value is 0.741. The van der Waals surface area contributed by atoms with Crippen LogP contribution in [0, 0.1) is 6.92 Å². The maximum atomic E-state index is 11.9. The molecular weight excluding hydrogens is 250 g/mol. The zero-order chi connectivity index (χ0) is 10.8. The zero-order valence-corrected chi connectivity index (χ0v) is 12.4. The molecule has 0 atom stereocenters. The standard InChI is InChI=1S/C9H8BClF3.K/c1-7-6-8(2-3-9(7)11)4-5-10(12,13)14;/h2-6H,1H3;/q-1;+1/b5-4+;. The predicted octanol–water partition coefficient (Wildman–Crippen LogP) is 1.05. The van der Waals surface area contributed by atoms with E-state index in [1.807, 2.05) is 0 Å². The molecule has 0 spiro atoms. The van der Waals surface area contributed by atoms with Crippen LogP contribution < -0.4 is 51.4 Å². The second kappa shape index (κ2) is 6.47. The molecule has 0 fully saturated rings. The Morgan fingerprint density at radius 2 is 1.87 bits per heavy atom. The summed E-state index contributed by atoms with van der Waals surface area (Å²) in [6.45, 7) is -3.11. The Labute approximate surface area is 134 Å². The summed E-state index contributed by atoms with van der Waals surface area (Å²) in [4.78, 5) is 0. The molecule has 1 aromatic carbocycles. The molecule has 0 aromatic heterocycles. The average molecular weight is 259 g/mol. The van der Waals surface area contributed by atoms with Crippen LogP contribution >= 0.6 is 11.6 Å². The van der Waals surface area contributed by atoms with Crippen molar-refractivity contribution in [2.45, 2.75) is 6.92 Å². The molecule has 0 aliphatic rings. The molecule has 0 aliphatic heterocycles. The summed E-state index contributed by atoms with van der Waals surface area (Å²) < 4.78 is 35.6. The number of rotatable bonds is 2. The normalized spacial score (nSPS) is 11.5. The van der Waals surface area contributed by atoms with Crippen LogP contribution in [0.15, 0.2) is 24.2 Å². The molecule has 0 nitrogen and oxygen atoms in total. The number of benzene rings is 1. The molecule has 0 unspecified atom stereocenters. The first-order valence-electron chi connectivity index (χ1n) is 4.04. The van der Waals surface area contributed by atoms with Crippen LogP contribution in [0.4, 0.5) is 12.9 Å². The van der Waals surface area contributed by atoms with E-state index in [1.165, 1.54) is 0 Å². The molecular formula is C9H8BClF3K. The van der Waals surface area contributed by atoms with Crippen LogP contribution in [0.5, 0.6) is 0 Å². The first-order chi connectivity index (χ1) is 6.38. The Kier molecular flexibility index (Phi) is 6.79. The fourth-order valence-corrected chi connectivity index (χ4v) is 1.11. The smallest absolute Gasteiger partial charge is 0.445 e. The number of halogens is 4. The van der Waals surface area contributed by atoms with Crippen molar-refractivity contribution in [1.82, 2.24) is 0 Å². The fourth-order valence-electron chi connectivity index (χ4n) is 0.992. The van der Waals surface area contributed by atoms with E-state index < -0.39 is 6.98 Å². The zero-order valence-electron chi connectivity index (χ0n) is 8.48. The van der Waals surface area contributed by atoms with E-state index in [1.54, 1.807) is 25.1 Å². The molecule has 15 heavy (non-hydrogen) atoms. The minimum absolute atomic E-state index is 0. The van der Waals surface area contributed by atoms with Crippen molar-refractivity contribution >= 4 is 24.7 Å². The van der Waals surface area contributed by atoms with Gasteiger partial charge in [-0.1, -0.05) is 29.8 Å². The first kappa shape index (κ1) is 15.7. The van der Waals surface area contributed by atoms with Gasteiger partial charge >= 0.3 is 58.4 Å². The molecule has 0 aliphatic carbocycles. The van der Waals surface area contributed by atoms with Crippen molar-refractivity contribution in [3.05, 3.63) is 40.3 Å². The SMILES string of the molecule is Cc1cc(/C=C/[B-](F)(F)F)ccc1Cl.[K+]. The topological polar surface area (TPSA) is 0 Å². The third kappa shape index (κ3) is 6.14. The molecule has 0 radical (unpaired) electrons. The third-order valence-corrected chi connectivity index (χ3v) is 2.11. The van der Waals surface area contributed by atoms with Gasteiger partial charge in [0.1, 0.15) is 0 Å². The van der Waals surface area contributed by atoms with E-state index in [0.29, 0.717) is 10.6 Å². The van der Waals surface area contributed by atoms with Gasteiger partial charge in [-0.25, -0.2) is 0 Å². The molecule has 0 saturated carbocycles. The summed E-state index contributed by atoms with van der Waals surface area (Å²) in [6.07, 6.45) is 1.04. The molecule has 0 bridgehead atoms. The summed E-state index contributed by atoms with van der Waals surface area (Å²) in [5, 5.41) is 0.555. The Morgan fingerprint density at radius 3 is 2.33 bits per heavy atom. The summed E-state index contributed by atoms with van der Waals surface area (Å²) in [7, 11) is 0. The quantitative estimate of drug-likeness (QED) is 0.696. The van der Waals surface area contributed by atoms with Gasteiger partial charge in [0.15, 0.2) is 0 Å². The van der Waals surface area contributed by atoms with Crippen molar-refractivity contribution in [2.24, 2.45) is 0 Å². The van der Waals surface area contributed by atoms with Gasteiger partial charge in [0.25, 0.3) is 0 Å².